The molecule has 1 aliphatic rings. The minimum Gasteiger partial charge on any atom is -0.354 e. The van der Waals surface area contributed by atoms with E-state index in [4.69, 9.17) is 0 Å². The molecule has 5 rings (SSSR count). The van der Waals surface area contributed by atoms with E-state index in [0.717, 1.165) is 5.56 Å². The lowest BCUT2D eigenvalue weighted by atomic mass is 10.1. The summed E-state index contributed by atoms with van der Waals surface area (Å²) >= 11 is 0. The molecule has 0 saturated carbocycles. The molecule has 0 radical (unpaired) electrons. The van der Waals surface area contributed by atoms with Crippen LogP contribution in [0.4, 0.5) is 10.1 Å². The Morgan fingerprint density at radius 2 is 1.86 bits per heavy atom. The molecule has 35 heavy (non-hydrogen) atoms. The first-order chi connectivity index (χ1) is 17.0. The summed E-state index contributed by atoms with van der Waals surface area (Å²) in [7, 11) is 0. The first kappa shape index (κ1) is 22.5. The van der Waals surface area contributed by atoms with Gasteiger partial charge in [0.25, 0.3) is 5.56 Å². The monoisotopic (exact) mass is 474 g/mol. The number of hydrogen-bond donors (Lipinski definition) is 1. The summed E-state index contributed by atoms with van der Waals surface area (Å²) in [5.41, 5.74) is 1.83. The average Bonchev–Trinajstić information content (AvgIpc) is 3.46. The van der Waals surface area contributed by atoms with Gasteiger partial charge >= 0.3 is 0 Å². The Balaban J connectivity index is 1.19. The van der Waals surface area contributed by atoms with Crippen LogP contribution in [0.25, 0.3) is 11.0 Å². The summed E-state index contributed by atoms with van der Waals surface area (Å²) in [6.45, 7) is 1.25. The summed E-state index contributed by atoms with van der Waals surface area (Å²) in [6, 6.07) is 15.3. The third kappa shape index (κ3) is 4.68. The lowest BCUT2D eigenvalue weighted by molar-refractivity contribution is -0.126. The fourth-order valence-corrected chi connectivity index (χ4v) is 4.24. The molecular weight excluding hydrogens is 451 g/mol. The van der Waals surface area contributed by atoms with Crippen LogP contribution in [-0.4, -0.2) is 44.2 Å². The van der Waals surface area contributed by atoms with E-state index in [0.29, 0.717) is 29.8 Å². The van der Waals surface area contributed by atoms with E-state index < -0.39 is 5.92 Å². The second-order valence-electron chi connectivity index (χ2n) is 8.44. The number of nitrogens with one attached hydrogen (secondary N) is 1. The van der Waals surface area contributed by atoms with Crippen LogP contribution in [-0.2, 0) is 22.7 Å². The number of amides is 2. The van der Waals surface area contributed by atoms with Crippen molar-refractivity contribution in [3.05, 3.63) is 88.9 Å². The molecule has 2 aromatic heterocycles. The van der Waals surface area contributed by atoms with Gasteiger partial charge in [-0.2, -0.15) is 5.10 Å². The standard InChI is InChI=1S/C25H23FN6O3/c26-19-6-8-20(9-7-19)31-15-18(12-22(31)33)24(34)27-10-11-32-23-21(13-29-32)25(35)30(16-28-23)14-17-4-2-1-3-5-17/h1-9,13,16,18H,10-12,14-15H2,(H,27,34). The number of nitrogens with zero attached hydrogens (tertiary/aromatic N) is 5. The van der Waals surface area contributed by atoms with E-state index in [1.165, 1.54) is 46.3 Å². The van der Waals surface area contributed by atoms with Crippen LogP contribution < -0.4 is 15.8 Å². The Kier molecular flexibility index (Phi) is 6.09. The van der Waals surface area contributed by atoms with Gasteiger partial charge in [0.15, 0.2) is 5.65 Å². The number of benzene rings is 2. The fraction of sp³-hybridized carbons (Fsp3) is 0.240. The second kappa shape index (κ2) is 9.49. The predicted molar refractivity (Wildman–Crippen MR) is 127 cm³/mol. The van der Waals surface area contributed by atoms with Crippen molar-refractivity contribution in [2.45, 2.75) is 19.5 Å². The van der Waals surface area contributed by atoms with Gasteiger partial charge in [0.05, 0.1) is 25.2 Å². The lowest BCUT2D eigenvalue weighted by Gasteiger charge is -2.16. The summed E-state index contributed by atoms with van der Waals surface area (Å²) in [6.07, 6.45) is 3.09. The quantitative estimate of drug-likeness (QED) is 0.441. The normalized spacial score (nSPS) is 15.6. The molecular formula is C25H23FN6O3. The van der Waals surface area contributed by atoms with Crippen LogP contribution >= 0.6 is 0 Å². The number of fused-ring (bicyclic) bond motifs is 1. The number of anilines is 1. The van der Waals surface area contributed by atoms with Gasteiger partial charge < -0.3 is 10.2 Å². The maximum atomic E-state index is 13.2. The molecule has 9 nitrogen and oxygen atoms in total. The molecule has 4 aromatic rings. The number of rotatable bonds is 7. The predicted octanol–water partition coefficient (Wildman–Crippen LogP) is 1.95. The van der Waals surface area contributed by atoms with Crippen LogP contribution in [0.15, 0.2) is 71.9 Å². The van der Waals surface area contributed by atoms with Crippen molar-refractivity contribution in [1.29, 1.82) is 0 Å². The third-order valence-electron chi connectivity index (χ3n) is 6.07. The maximum absolute atomic E-state index is 13.2. The van der Waals surface area contributed by atoms with Crippen LogP contribution in [0.1, 0.15) is 12.0 Å². The molecule has 1 N–H and O–H groups in total. The van der Waals surface area contributed by atoms with Gasteiger partial charge in [0.1, 0.15) is 17.5 Å². The molecule has 1 unspecified atom stereocenters. The van der Waals surface area contributed by atoms with E-state index >= 15 is 0 Å². The Morgan fingerprint density at radius 1 is 1.09 bits per heavy atom. The molecule has 2 aromatic carbocycles. The van der Waals surface area contributed by atoms with E-state index in [2.05, 4.69) is 15.4 Å². The minimum absolute atomic E-state index is 0.0937. The van der Waals surface area contributed by atoms with Gasteiger partial charge in [-0.3, -0.25) is 19.0 Å². The van der Waals surface area contributed by atoms with Gasteiger partial charge in [0.2, 0.25) is 11.8 Å². The highest BCUT2D eigenvalue weighted by Gasteiger charge is 2.35. The van der Waals surface area contributed by atoms with Gasteiger partial charge in [0, 0.05) is 25.2 Å². The van der Waals surface area contributed by atoms with Crippen LogP contribution in [0.5, 0.6) is 0 Å². The van der Waals surface area contributed by atoms with Crippen molar-refractivity contribution < 1.29 is 14.0 Å². The van der Waals surface area contributed by atoms with Gasteiger partial charge in [-0.05, 0) is 29.8 Å². The first-order valence-electron chi connectivity index (χ1n) is 11.3. The zero-order valence-electron chi connectivity index (χ0n) is 18.8. The number of hydrogen-bond acceptors (Lipinski definition) is 5. The zero-order valence-corrected chi connectivity index (χ0v) is 18.8. The summed E-state index contributed by atoms with van der Waals surface area (Å²) in [5.74, 6) is -1.29. The molecule has 3 heterocycles. The van der Waals surface area contributed by atoms with Crippen molar-refractivity contribution in [1.82, 2.24) is 24.6 Å². The highest BCUT2D eigenvalue weighted by atomic mass is 19.1. The van der Waals surface area contributed by atoms with Crippen LogP contribution in [0.2, 0.25) is 0 Å². The van der Waals surface area contributed by atoms with Crippen LogP contribution in [0.3, 0.4) is 0 Å². The lowest BCUT2D eigenvalue weighted by Crippen LogP contribution is -2.35. The summed E-state index contributed by atoms with van der Waals surface area (Å²) < 4.78 is 16.3. The summed E-state index contributed by atoms with van der Waals surface area (Å²) in [5, 5.41) is 7.51. The Labute approximate surface area is 199 Å². The average molecular weight is 474 g/mol. The Morgan fingerprint density at radius 3 is 2.63 bits per heavy atom. The van der Waals surface area contributed by atoms with E-state index in [9.17, 15) is 18.8 Å². The van der Waals surface area contributed by atoms with Gasteiger partial charge in [-0.25, -0.2) is 14.1 Å². The van der Waals surface area contributed by atoms with Crippen molar-refractivity contribution in [3.8, 4) is 0 Å². The minimum atomic E-state index is -0.495. The van der Waals surface area contributed by atoms with Crippen molar-refractivity contribution in [2.24, 2.45) is 5.92 Å². The topological polar surface area (TPSA) is 102 Å². The van der Waals surface area contributed by atoms with E-state index in [1.807, 2.05) is 30.3 Å². The van der Waals surface area contributed by atoms with Gasteiger partial charge in [-0.15, -0.1) is 0 Å². The molecule has 1 aliphatic heterocycles. The van der Waals surface area contributed by atoms with Crippen molar-refractivity contribution in [2.75, 3.05) is 18.0 Å². The largest absolute Gasteiger partial charge is 0.354 e. The maximum Gasteiger partial charge on any atom is 0.264 e. The molecule has 178 valence electrons. The second-order valence-corrected chi connectivity index (χ2v) is 8.44. The third-order valence-corrected chi connectivity index (χ3v) is 6.07. The number of halogens is 1. The van der Waals surface area contributed by atoms with E-state index in [-0.39, 0.29) is 42.7 Å². The Bertz CT molecular complexity index is 1430. The number of carbonyl (C=O) groups is 2. The molecule has 0 aliphatic carbocycles. The molecule has 0 spiro atoms. The molecule has 2 amide bonds. The van der Waals surface area contributed by atoms with E-state index in [1.54, 1.807) is 4.68 Å². The molecule has 1 fully saturated rings. The van der Waals surface area contributed by atoms with Crippen molar-refractivity contribution in [3.63, 3.8) is 0 Å². The fourth-order valence-electron chi connectivity index (χ4n) is 4.24. The SMILES string of the molecule is O=C(NCCn1ncc2c(=O)n(Cc3ccccc3)cnc21)C1CC(=O)N(c2ccc(F)cc2)C1. The number of carbonyl (C=O) groups excluding carboxylic acids is 2. The molecule has 0 bridgehead atoms. The number of aromatic nitrogens is 4. The highest BCUT2D eigenvalue weighted by Crippen LogP contribution is 2.25. The highest BCUT2D eigenvalue weighted by molar-refractivity contribution is 6.00. The molecule has 1 atom stereocenters. The Hall–Kier alpha value is -4.34. The smallest absolute Gasteiger partial charge is 0.264 e. The van der Waals surface area contributed by atoms with Gasteiger partial charge in [-0.1, -0.05) is 30.3 Å². The first-order valence-corrected chi connectivity index (χ1v) is 11.3. The van der Waals surface area contributed by atoms with Crippen LogP contribution in [0, 0.1) is 11.7 Å². The zero-order chi connectivity index (χ0) is 24.4. The molecule has 10 heteroatoms. The molecule has 1 saturated heterocycles. The summed E-state index contributed by atoms with van der Waals surface area (Å²) in [4.78, 5) is 43.7. The van der Waals surface area contributed by atoms with Crippen molar-refractivity contribution >= 4 is 28.5 Å².